The Bertz CT molecular complexity index is 255. The first-order chi connectivity index (χ1) is 6.76. The van der Waals surface area contributed by atoms with Crippen LogP contribution in [0.4, 0.5) is 0 Å². The summed E-state index contributed by atoms with van der Waals surface area (Å²) in [5.74, 6) is 0.889. The number of hydrogen-bond acceptors (Lipinski definition) is 1. The number of rotatable bonds is 6. The van der Waals surface area contributed by atoms with Gasteiger partial charge < -0.3 is 0 Å². The van der Waals surface area contributed by atoms with E-state index in [1.807, 2.05) is 11.3 Å². The summed E-state index contributed by atoms with van der Waals surface area (Å²) in [6, 6.07) is 4.41. The minimum atomic E-state index is 0.889. The number of halogens is 1. The molecule has 0 nitrogen and oxygen atoms in total. The average Bonchev–Trinajstić information content (AvgIpc) is 2.58. The van der Waals surface area contributed by atoms with Crippen molar-refractivity contribution in [2.24, 2.45) is 5.92 Å². The zero-order chi connectivity index (χ0) is 10.4. The number of hydrogen-bond donors (Lipinski definition) is 0. The summed E-state index contributed by atoms with van der Waals surface area (Å²) in [6.07, 6.45) is 6.68. The van der Waals surface area contributed by atoms with Crippen molar-refractivity contribution < 1.29 is 0 Å². The molecule has 1 heterocycles. The Morgan fingerprint density at radius 3 is 2.64 bits per heavy atom. The van der Waals surface area contributed by atoms with Crippen molar-refractivity contribution in [3.63, 3.8) is 0 Å². The first-order valence-corrected chi connectivity index (χ1v) is 7.11. The molecule has 80 valence electrons. The van der Waals surface area contributed by atoms with Gasteiger partial charge in [-0.15, -0.1) is 11.3 Å². The number of unbranched alkanes of at least 4 members (excludes halogenated alkanes) is 1. The summed E-state index contributed by atoms with van der Waals surface area (Å²) in [6.45, 7) is 4.58. The Morgan fingerprint density at radius 1 is 1.36 bits per heavy atom. The second kappa shape index (κ2) is 6.62. The van der Waals surface area contributed by atoms with E-state index in [0.717, 1.165) is 5.92 Å². The van der Waals surface area contributed by atoms with Crippen LogP contribution in [0.25, 0.3) is 0 Å². The smallest absolute Gasteiger partial charge is 0.0701 e. The van der Waals surface area contributed by atoms with Crippen LogP contribution < -0.4 is 0 Å². The first-order valence-electron chi connectivity index (χ1n) is 5.50. The van der Waals surface area contributed by atoms with Gasteiger partial charge in [-0.3, -0.25) is 0 Å². The van der Waals surface area contributed by atoms with Gasteiger partial charge in [0.05, 0.1) is 3.79 Å². The standard InChI is InChI=1S/C12H19BrS/c1-3-5-6-10(4-2)9-11-7-8-12(13)14-11/h7-8,10H,3-6,9H2,1-2H3/t10-/m0/s1. The van der Waals surface area contributed by atoms with Crippen LogP contribution >= 0.6 is 27.3 Å². The highest BCUT2D eigenvalue weighted by Crippen LogP contribution is 2.26. The molecular weight excluding hydrogens is 256 g/mol. The fourth-order valence-corrected chi connectivity index (χ4v) is 3.29. The molecule has 0 aliphatic rings. The van der Waals surface area contributed by atoms with Crippen molar-refractivity contribution in [2.75, 3.05) is 0 Å². The highest BCUT2D eigenvalue weighted by molar-refractivity contribution is 9.11. The Morgan fingerprint density at radius 2 is 2.14 bits per heavy atom. The van der Waals surface area contributed by atoms with Gasteiger partial charge >= 0.3 is 0 Å². The highest BCUT2D eigenvalue weighted by atomic mass is 79.9. The minimum Gasteiger partial charge on any atom is -0.133 e. The summed E-state index contributed by atoms with van der Waals surface area (Å²) in [7, 11) is 0. The van der Waals surface area contributed by atoms with Gasteiger partial charge in [0, 0.05) is 4.88 Å². The molecule has 0 saturated heterocycles. The van der Waals surface area contributed by atoms with E-state index >= 15 is 0 Å². The molecule has 0 radical (unpaired) electrons. The fourth-order valence-electron chi connectivity index (χ4n) is 1.69. The summed E-state index contributed by atoms with van der Waals surface area (Å²) >= 11 is 5.40. The lowest BCUT2D eigenvalue weighted by Crippen LogP contribution is -2.01. The lowest BCUT2D eigenvalue weighted by atomic mass is 9.95. The van der Waals surface area contributed by atoms with Crippen LogP contribution in [-0.2, 0) is 6.42 Å². The van der Waals surface area contributed by atoms with E-state index < -0.39 is 0 Å². The zero-order valence-corrected chi connectivity index (χ0v) is 11.5. The van der Waals surface area contributed by atoms with Crippen molar-refractivity contribution in [1.82, 2.24) is 0 Å². The molecule has 0 unspecified atom stereocenters. The largest absolute Gasteiger partial charge is 0.133 e. The quantitative estimate of drug-likeness (QED) is 0.663. The Balaban J connectivity index is 2.40. The van der Waals surface area contributed by atoms with Crippen molar-refractivity contribution in [1.29, 1.82) is 0 Å². The summed E-state index contributed by atoms with van der Waals surface area (Å²) in [4.78, 5) is 1.53. The maximum atomic E-state index is 3.52. The van der Waals surface area contributed by atoms with Gasteiger partial charge in [0.15, 0.2) is 0 Å². The average molecular weight is 275 g/mol. The van der Waals surface area contributed by atoms with Gasteiger partial charge in [0.1, 0.15) is 0 Å². The molecule has 0 aliphatic heterocycles. The van der Waals surface area contributed by atoms with Crippen LogP contribution in [0, 0.1) is 5.92 Å². The third kappa shape index (κ3) is 4.14. The van der Waals surface area contributed by atoms with Crippen LogP contribution in [-0.4, -0.2) is 0 Å². The molecular formula is C12H19BrS. The Kier molecular flexibility index (Phi) is 5.80. The van der Waals surface area contributed by atoms with Crippen molar-refractivity contribution in [3.05, 3.63) is 20.8 Å². The van der Waals surface area contributed by atoms with Crippen LogP contribution in [0.2, 0.25) is 0 Å². The van der Waals surface area contributed by atoms with E-state index in [-0.39, 0.29) is 0 Å². The third-order valence-corrected chi connectivity index (χ3v) is 4.31. The van der Waals surface area contributed by atoms with Gasteiger partial charge in [-0.2, -0.15) is 0 Å². The van der Waals surface area contributed by atoms with Crippen LogP contribution in [0.3, 0.4) is 0 Å². The predicted molar refractivity (Wildman–Crippen MR) is 69.0 cm³/mol. The molecule has 0 aromatic carbocycles. The van der Waals surface area contributed by atoms with E-state index in [9.17, 15) is 0 Å². The maximum Gasteiger partial charge on any atom is 0.0701 e. The van der Waals surface area contributed by atoms with Crippen molar-refractivity contribution >= 4 is 27.3 Å². The van der Waals surface area contributed by atoms with Crippen LogP contribution in [0.15, 0.2) is 15.9 Å². The topological polar surface area (TPSA) is 0 Å². The molecule has 1 rings (SSSR count). The second-order valence-electron chi connectivity index (χ2n) is 3.83. The molecule has 1 atom stereocenters. The zero-order valence-electron chi connectivity index (χ0n) is 9.05. The normalized spacial score (nSPS) is 13.1. The molecule has 14 heavy (non-hydrogen) atoms. The molecule has 0 amide bonds. The SMILES string of the molecule is CCCC[C@H](CC)Cc1ccc(Br)s1. The first kappa shape index (κ1) is 12.3. The van der Waals surface area contributed by atoms with E-state index in [1.54, 1.807) is 0 Å². The van der Waals surface area contributed by atoms with Gasteiger partial charge in [-0.25, -0.2) is 0 Å². The molecule has 2 heteroatoms. The molecule has 0 bridgehead atoms. The van der Waals surface area contributed by atoms with Crippen molar-refractivity contribution in [3.8, 4) is 0 Å². The molecule has 0 fully saturated rings. The molecule has 0 spiro atoms. The Labute approximate surface area is 99.9 Å². The van der Waals surface area contributed by atoms with E-state index in [2.05, 4.69) is 41.9 Å². The fraction of sp³-hybridized carbons (Fsp3) is 0.667. The lowest BCUT2D eigenvalue weighted by molar-refractivity contribution is 0.452. The molecule has 1 aromatic rings. The lowest BCUT2D eigenvalue weighted by Gasteiger charge is -2.12. The van der Waals surface area contributed by atoms with E-state index in [1.165, 1.54) is 40.8 Å². The predicted octanol–water partition coefficient (Wildman–Crippen LogP) is 5.27. The van der Waals surface area contributed by atoms with Crippen molar-refractivity contribution in [2.45, 2.75) is 46.0 Å². The molecule has 0 saturated carbocycles. The van der Waals surface area contributed by atoms with Gasteiger partial charge in [-0.05, 0) is 40.4 Å². The van der Waals surface area contributed by atoms with E-state index in [4.69, 9.17) is 0 Å². The number of thiophene rings is 1. The van der Waals surface area contributed by atoms with Gasteiger partial charge in [0.25, 0.3) is 0 Å². The van der Waals surface area contributed by atoms with Crippen LogP contribution in [0.1, 0.15) is 44.4 Å². The monoisotopic (exact) mass is 274 g/mol. The van der Waals surface area contributed by atoms with E-state index in [0.29, 0.717) is 0 Å². The highest BCUT2D eigenvalue weighted by Gasteiger charge is 2.08. The Hall–Kier alpha value is 0.180. The van der Waals surface area contributed by atoms with Crippen LogP contribution in [0.5, 0.6) is 0 Å². The van der Waals surface area contributed by atoms with Gasteiger partial charge in [0.2, 0.25) is 0 Å². The van der Waals surface area contributed by atoms with Gasteiger partial charge in [-0.1, -0.05) is 39.5 Å². The molecule has 0 N–H and O–H groups in total. The molecule has 1 aromatic heterocycles. The third-order valence-electron chi connectivity index (χ3n) is 2.66. The maximum absolute atomic E-state index is 3.52. The summed E-state index contributed by atoms with van der Waals surface area (Å²) in [5, 5.41) is 0. The second-order valence-corrected chi connectivity index (χ2v) is 6.37. The summed E-state index contributed by atoms with van der Waals surface area (Å²) in [5.41, 5.74) is 0. The minimum absolute atomic E-state index is 0.889. The molecule has 0 aliphatic carbocycles. The summed E-state index contributed by atoms with van der Waals surface area (Å²) < 4.78 is 1.26.